The molecule has 0 aromatic carbocycles. The van der Waals surface area contributed by atoms with Gasteiger partial charge < -0.3 is 30.0 Å². The third-order valence-electron chi connectivity index (χ3n) is 0.782. The van der Waals surface area contributed by atoms with E-state index < -0.39 is 24.1 Å². The summed E-state index contributed by atoms with van der Waals surface area (Å²) >= 11 is 0. The fraction of sp³-hybridized carbons (Fsp3) is 0.500. The summed E-state index contributed by atoms with van der Waals surface area (Å²) in [6, 6.07) is 0. The van der Waals surface area contributed by atoms with Crippen molar-refractivity contribution in [2.75, 3.05) is 0 Å². The smallest absolute Gasteiger partial charge is 0.547 e. The number of rotatable bonds is 3. The van der Waals surface area contributed by atoms with E-state index >= 15 is 0 Å². The molecule has 0 saturated carbocycles. The summed E-state index contributed by atoms with van der Waals surface area (Å²) in [7, 11) is 0. The van der Waals surface area contributed by atoms with Crippen LogP contribution in [0.25, 0.3) is 0 Å². The van der Waals surface area contributed by atoms with Crippen LogP contribution in [0.5, 0.6) is 0 Å². The van der Waals surface area contributed by atoms with Crippen molar-refractivity contribution in [2.24, 2.45) is 0 Å². The van der Waals surface area contributed by atoms with Gasteiger partial charge in [0.25, 0.3) is 0 Å². The van der Waals surface area contributed by atoms with Crippen molar-refractivity contribution >= 4 is 39.2 Å². The molecule has 0 spiro atoms. The second-order valence-electron chi connectivity index (χ2n) is 1.53. The molecule has 0 saturated heterocycles. The minimum Gasteiger partial charge on any atom is -0.547 e. The first kappa shape index (κ1) is 18.3. The van der Waals surface area contributed by atoms with E-state index in [1.54, 1.807) is 0 Å². The molecule has 0 aromatic heterocycles. The molecule has 8 heteroatoms. The van der Waals surface area contributed by atoms with Gasteiger partial charge in [-0.15, -0.1) is 0 Å². The molecule has 0 rings (SSSR count). The summed E-state index contributed by atoms with van der Waals surface area (Å²) in [5.74, 6) is -4.12. The number of hydrogen-bond acceptors (Lipinski definition) is 6. The average Bonchev–Trinajstić information content (AvgIpc) is 1.84. The summed E-state index contributed by atoms with van der Waals surface area (Å²) in [6.45, 7) is 0. The van der Waals surface area contributed by atoms with Gasteiger partial charge in [-0.2, -0.15) is 0 Å². The maximum Gasteiger partial charge on any atom is 2.00 e. The van der Waals surface area contributed by atoms with E-state index in [1.807, 2.05) is 0 Å². The molecular formula is C4H4O6PbTi. The molecule has 0 fully saturated rings. The second kappa shape index (κ2) is 8.11. The van der Waals surface area contributed by atoms with Gasteiger partial charge in [-0.1, -0.05) is 0 Å². The van der Waals surface area contributed by atoms with Gasteiger partial charge in [0.1, 0.15) is 12.2 Å². The molecule has 12 heavy (non-hydrogen) atoms. The van der Waals surface area contributed by atoms with Gasteiger partial charge >= 0.3 is 21.7 Å². The van der Waals surface area contributed by atoms with Gasteiger partial charge in [0.15, 0.2) is 0 Å². The predicted molar refractivity (Wildman–Crippen MR) is 27.8 cm³/mol. The van der Waals surface area contributed by atoms with Crippen molar-refractivity contribution in [1.82, 2.24) is 0 Å². The van der Waals surface area contributed by atoms with Crippen molar-refractivity contribution in [1.29, 1.82) is 0 Å². The number of carboxylic acid groups (broad SMARTS) is 2. The fourth-order valence-electron chi connectivity index (χ4n) is 0.258. The second-order valence-corrected chi connectivity index (χ2v) is 1.53. The van der Waals surface area contributed by atoms with Crippen LogP contribution in [0, 0.1) is 0 Å². The predicted octanol–water partition coefficient (Wildman–Crippen LogP) is -5.18. The van der Waals surface area contributed by atoms with Crippen molar-refractivity contribution in [2.45, 2.75) is 12.2 Å². The Labute approximate surface area is 103 Å². The molecule has 0 bridgehead atoms. The maximum atomic E-state index is 9.63. The number of aliphatic hydroxyl groups excluding tert-OH is 2. The summed E-state index contributed by atoms with van der Waals surface area (Å²) in [6.07, 6.45) is -4.88. The summed E-state index contributed by atoms with van der Waals surface area (Å²) in [5.41, 5.74) is 0. The van der Waals surface area contributed by atoms with E-state index in [-0.39, 0.29) is 49.0 Å². The minimum absolute atomic E-state index is 0. The molecule has 4 radical (unpaired) electrons. The molecule has 0 aliphatic carbocycles. The van der Waals surface area contributed by atoms with E-state index in [0.717, 1.165) is 0 Å². The van der Waals surface area contributed by atoms with Crippen LogP contribution in [0.15, 0.2) is 0 Å². The van der Waals surface area contributed by atoms with Crippen LogP contribution in [0.1, 0.15) is 0 Å². The molecular weight excluding hydrogens is 399 g/mol. The molecule has 0 aliphatic rings. The Hall–Kier alpha value is 0.496. The van der Waals surface area contributed by atoms with E-state index in [1.165, 1.54) is 0 Å². The summed E-state index contributed by atoms with van der Waals surface area (Å²) in [4.78, 5) is 19.3. The van der Waals surface area contributed by atoms with E-state index in [0.29, 0.717) is 0 Å². The van der Waals surface area contributed by atoms with Gasteiger partial charge in [0.2, 0.25) is 0 Å². The summed E-state index contributed by atoms with van der Waals surface area (Å²) < 4.78 is 0. The first-order valence-electron chi connectivity index (χ1n) is 2.24. The Morgan fingerprint density at radius 2 is 1.17 bits per heavy atom. The fourth-order valence-corrected chi connectivity index (χ4v) is 0.258. The Kier molecular flexibility index (Phi) is 12.4. The average molecular weight is 403 g/mol. The number of carbonyl (C=O) groups is 2. The zero-order valence-corrected chi connectivity index (χ0v) is 11.1. The largest absolute Gasteiger partial charge is 2.00 e. The molecule has 64 valence electrons. The number of aliphatic hydroxyl groups is 2. The normalized spacial score (nSPS) is 13.2. The Morgan fingerprint density at radius 3 is 1.25 bits per heavy atom. The Bertz CT molecular complexity index is 144. The first-order chi connectivity index (χ1) is 4.46. The molecule has 0 aliphatic heterocycles. The zero-order valence-electron chi connectivity index (χ0n) is 5.68. The standard InChI is InChI=1S/C4H6O6.Pb.Ti/c5-1(3(7)8)2(6)4(9)10;;/h1-2,5-6H,(H,7,8)(H,9,10);;/q;;+2/p-2. The van der Waals surface area contributed by atoms with Crippen LogP contribution in [0.2, 0.25) is 0 Å². The van der Waals surface area contributed by atoms with Crippen molar-refractivity contribution < 1.29 is 51.7 Å². The summed E-state index contributed by atoms with van der Waals surface area (Å²) in [5, 5.41) is 35.7. The van der Waals surface area contributed by atoms with Crippen molar-refractivity contribution in [3.63, 3.8) is 0 Å². The number of carboxylic acids is 2. The molecule has 0 amide bonds. The molecule has 6 nitrogen and oxygen atoms in total. The maximum absolute atomic E-state index is 9.63. The van der Waals surface area contributed by atoms with Crippen molar-refractivity contribution in [3.8, 4) is 0 Å². The van der Waals surface area contributed by atoms with Gasteiger partial charge in [-0.3, -0.25) is 0 Å². The number of carbonyl (C=O) groups excluding carboxylic acids is 2. The first-order valence-corrected chi connectivity index (χ1v) is 2.24. The molecule has 2 N–H and O–H groups in total. The van der Waals surface area contributed by atoms with Crippen LogP contribution < -0.4 is 10.2 Å². The van der Waals surface area contributed by atoms with E-state index in [4.69, 9.17) is 10.2 Å². The van der Waals surface area contributed by atoms with Gasteiger partial charge in [-0.05, 0) is 0 Å². The van der Waals surface area contributed by atoms with Crippen LogP contribution in [-0.4, -0.2) is 61.7 Å². The minimum atomic E-state index is -2.44. The Balaban J connectivity index is -0.000000405. The number of aliphatic carboxylic acids is 2. The Morgan fingerprint density at radius 1 is 1.00 bits per heavy atom. The van der Waals surface area contributed by atoms with Crippen LogP contribution in [0.4, 0.5) is 0 Å². The van der Waals surface area contributed by atoms with E-state index in [9.17, 15) is 19.8 Å². The van der Waals surface area contributed by atoms with Crippen LogP contribution in [-0.2, 0) is 31.3 Å². The number of hydrogen-bond donors (Lipinski definition) is 2. The molecule has 2 atom stereocenters. The quantitative estimate of drug-likeness (QED) is 0.455. The van der Waals surface area contributed by atoms with Gasteiger partial charge in [0, 0.05) is 27.3 Å². The molecule has 0 heterocycles. The monoisotopic (exact) mass is 404 g/mol. The van der Waals surface area contributed by atoms with Gasteiger partial charge in [0.05, 0.1) is 11.9 Å². The third-order valence-corrected chi connectivity index (χ3v) is 0.782. The molecule has 2 unspecified atom stereocenters. The van der Waals surface area contributed by atoms with Crippen LogP contribution in [0.3, 0.4) is 0 Å². The zero-order chi connectivity index (χ0) is 8.31. The van der Waals surface area contributed by atoms with Crippen LogP contribution >= 0.6 is 0 Å². The topological polar surface area (TPSA) is 121 Å². The SMILES string of the molecule is O=C([O-])C(O)C(O)C(=O)[O-].[Pb].[Ti+2]. The third kappa shape index (κ3) is 6.06. The van der Waals surface area contributed by atoms with Gasteiger partial charge in [-0.25, -0.2) is 0 Å². The molecule has 0 aromatic rings. The van der Waals surface area contributed by atoms with Crippen molar-refractivity contribution in [3.05, 3.63) is 0 Å². The van der Waals surface area contributed by atoms with E-state index in [2.05, 4.69) is 0 Å².